The standard InChI is InChI=1S/C7H8BrNS2/c1-10-6-4-3-5(8)7(9-6)11-2/h3-4H,1-2H3. The molecule has 0 radical (unpaired) electrons. The van der Waals surface area contributed by atoms with Gasteiger partial charge in [-0.2, -0.15) is 0 Å². The average Bonchev–Trinajstić information content (AvgIpc) is 2.05. The van der Waals surface area contributed by atoms with E-state index in [1.165, 1.54) is 0 Å². The first kappa shape index (κ1) is 9.42. The summed E-state index contributed by atoms with van der Waals surface area (Å²) in [7, 11) is 0. The Bertz CT molecular complexity index is 252. The van der Waals surface area contributed by atoms with Gasteiger partial charge in [0.1, 0.15) is 5.03 Å². The number of aromatic nitrogens is 1. The van der Waals surface area contributed by atoms with E-state index >= 15 is 0 Å². The number of hydrogen-bond acceptors (Lipinski definition) is 3. The zero-order chi connectivity index (χ0) is 8.27. The van der Waals surface area contributed by atoms with Crippen molar-refractivity contribution in [2.75, 3.05) is 12.5 Å². The Balaban J connectivity index is 3.02. The van der Waals surface area contributed by atoms with Crippen molar-refractivity contribution in [3.05, 3.63) is 16.6 Å². The normalized spacial score (nSPS) is 10.1. The average molecular weight is 250 g/mol. The van der Waals surface area contributed by atoms with E-state index in [0.29, 0.717) is 0 Å². The van der Waals surface area contributed by atoms with Crippen molar-refractivity contribution in [1.82, 2.24) is 4.98 Å². The predicted molar refractivity (Wildman–Crippen MR) is 55.5 cm³/mol. The summed E-state index contributed by atoms with van der Waals surface area (Å²) < 4.78 is 1.07. The molecule has 0 aliphatic carbocycles. The Hall–Kier alpha value is 0.330. The maximum Gasteiger partial charge on any atom is 0.111 e. The quantitative estimate of drug-likeness (QED) is 0.747. The molecule has 1 rings (SSSR count). The van der Waals surface area contributed by atoms with E-state index in [2.05, 4.69) is 20.9 Å². The van der Waals surface area contributed by atoms with Gasteiger partial charge in [0, 0.05) is 4.47 Å². The van der Waals surface area contributed by atoms with E-state index in [0.717, 1.165) is 14.5 Å². The summed E-state index contributed by atoms with van der Waals surface area (Å²) in [5.74, 6) is 0. The van der Waals surface area contributed by atoms with E-state index < -0.39 is 0 Å². The van der Waals surface area contributed by atoms with Gasteiger partial charge in [-0.15, -0.1) is 23.5 Å². The topological polar surface area (TPSA) is 12.9 Å². The molecule has 11 heavy (non-hydrogen) atoms. The van der Waals surface area contributed by atoms with Gasteiger partial charge in [0.2, 0.25) is 0 Å². The highest BCUT2D eigenvalue weighted by molar-refractivity contribution is 9.10. The fourth-order valence-corrected chi connectivity index (χ4v) is 2.27. The second kappa shape index (κ2) is 4.38. The number of pyridine rings is 1. The Kier molecular flexibility index (Phi) is 3.75. The molecule has 0 saturated carbocycles. The van der Waals surface area contributed by atoms with E-state index in [-0.39, 0.29) is 0 Å². The first-order chi connectivity index (χ1) is 5.27. The van der Waals surface area contributed by atoms with Crippen LogP contribution in [0.25, 0.3) is 0 Å². The van der Waals surface area contributed by atoms with Crippen LogP contribution in [0.15, 0.2) is 26.7 Å². The van der Waals surface area contributed by atoms with Crippen LogP contribution >= 0.6 is 39.5 Å². The molecule has 0 unspecified atom stereocenters. The minimum atomic E-state index is 1.05. The zero-order valence-corrected chi connectivity index (χ0v) is 9.52. The lowest BCUT2D eigenvalue weighted by Gasteiger charge is -2.00. The number of rotatable bonds is 2. The SMILES string of the molecule is CSc1ccc(Br)c(SC)n1. The van der Waals surface area contributed by atoms with Crippen LogP contribution in [0, 0.1) is 0 Å². The summed E-state index contributed by atoms with van der Waals surface area (Å²) in [6.45, 7) is 0. The lowest BCUT2D eigenvalue weighted by atomic mass is 10.5. The van der Waals surface area contributed by atoms with Gasteiger partial charge in [-0.25, -0.2) is 4.98 Å². The lowest BCUT2D eigenvalue weighted by molar-refractivity contribution is 0.995. The van der Waals surface area contributed by atoms with Crippen molar-refractivity contribution in [2.24, 2.45) is 0 Å². The fraction of sp³-hybridized carbons (Fsp3) is 0.286. The van der Waals surface area contributed by atoms with Crippen LogP contribution in [-0.2, 0) is 0 Å². The molecule has 0 N–H and O–H groups in total. The number of halogens is 1. The highest BCUT2D eigenvalue weighted by Crippen LogP contribution is 2.25. The van der Waals surface area contributed by atoms with Gasteiger partial charge >= 0.3 is 0 Å². The minimum Gasteiger partial charge on any atom is -0.234 e. The van der Waals surface area contributed by atoms with Gasteiger partial charge in [0.15, 0.2) is 0 Å². The third-order valence-corrected chi connectivity index (χ3v) is 3.44. The maximum absolute atomic E-state index is 4.39. The molecular formula is C7H8BrNS2. The third kappa shape index (κ3) is 2.39. The molecular weight excluding hydrogens is 242 g/mol. The van der Waals surface area contributed by atoms with Gasteiger partial charge in [0.05, 0.1) is 5.03 Å². The first-order valence-corrected chi connectivity index (χ1v) is 6.26. The largest absolute Gasteiger partial charge is 0.234 e. The molecule has 0 bridgehead atoms. The summed E-state index contributed by atoms with van der Waals surface area (Å²) in [5, 5.41) is 2.12. The predicted octanol–water partition coefficient (Wildman–Crippen LogP) is 3.29. The van der Waals surface area contributed by atoms with Crippen LogP contribution in [0.4, 0.5) is 0 Å². The molecule has 0 fully saturated rings. The number of thioether (sulfide) groups is 2. The molecule has 0 aliphatic rings. The molecule has 1 aromatic heterocycles. The fourth-order valence-electron chi connectivity index (χ4n) is 0.663. The summed E-state index contributed by atoms with van der Waals surface area (Å²) in [5.41, 5.74) is 0. The molecule has 1 aromatic rings. The highest BCUT2D eigenvalue weighted by Gasteiger charge is 2.00. The second-order valence-corrected chi connectivity index (χ2v) is 4.32. The number of nitrogens with zero attached hydrogens (tertiary/aromatic N) is 1. The maximum atomic E-state index is 4.39. The molecule has 60 valence electrons. The molecule has 0 spiro atoms. The van der Waals surface area contributed by atoms with Crippen LogP contribution in [0.2, 0.25) is 0 Å². The molecule has 1 heterocycles. The Morgan fingerprint density at radius 3 is 2.55 bits per heavy atom. The van der Waals surface area contributed by atoms with Crippen molar-refractivity contribution < 1.29 is 0 Å². The van der Waals surface area contributed by atoms with Crippen molar-refractivity contribution in [3.8, 4) is 0 Å². The van der Waals surface area contributed by atoms with Crippen LogP contribution < -0.4 is 0 Å². The van der Waals surface area contributed by atoms with Crippen molar-refractivity contribution >= 4 is 39.5 Å². The van der Waals surface area contributed by atoms with Crippen LogP contribution in [0.3, 0.4) is 0 Å². The Morgan fingerprint density at radius 1 is 1.27 bits per heavy atom. The zero-order valence-electron chi connectivity index (χ0n) is 6.30. The van der Waals surface area contributed by atoms with E-state index in [4.69, 9.17) is 0 Å². The Morgan fingerprint density at radius 2 is 2.00 bits per heavy atom. The van der Waals surface area contributed by atoms with Gasteiger partial charge in [-0.05, 0) is 40.6 Å². The van der Waals surface area contributed by atoms with Gasteiger partial charge < -0.3 is 0 Å². The van der Waals surface area contributed by atoms with E-state index in [9.17, 15) is 0 Å². The summed E-state index contributed by atoms with van der Waals surface area (Å²) in [6.07, 6.45) is 4.05. The van der Waals surface area contributed by atoms with Crippen molar-refractivity contribution in [1.29, 1.82) is 0 Å². The van der Waals surface area contributed by atoms with Crippen LogP contribution in [0.1, 0.15) is 0 Å². The smallest absolute Gasteiger partial charge is 0.111 e. The van der Waals surface area contributed by atoms with Gasteiger partial charge in [-0.3, -0.25) is 0 Å². The van der Waals surface area contributed by atoms with Crippen LogP contribution in [-0.4, -0.2) is 17.5 Å². The first-order valence-electron chi connectivity index (χ1n) is 3.02. The highest BCUT2D eigenvalue weighted by atomic mass is 79.9. The van der Waals surface area contributed by atoms with Gasteiger partial charge in [-0.1, -0.05) is 0 Å². The monoisotopic (exact) mass is 249 g/mol. The Labute approximate surface area is 83.5 Å². The van der Waals surface area contributed by atoms with Gasteiger partial charge in [0.25, 0.3) is 0 Å². The molecule has 0 atom stereocenters. The minimum absolute atomic E-state index is 1.05. The second-order valence-electron chi connectivity index (χ2n) is 1.84. The van der Waals surface area contributed by atoms with E-state index in [1.807, 2.05) is 24.6 Å². The molecule has 0 aromatic carbocycles. The molecule has 1 nitrogen and oxygen atoms in total. The number of hydrogen-bond donors (Lipinski definition) is 0. The van der Waals surface area contributed by atoms with Crippen molar-refractivity contribution in [3.63, 3.8) is 0 Å². The van der Waals surface area contributed by atoms with E-state index in [1.54, 1.807) is 23.5 Å². The molecule has 0 amide bonds. The summed E-state index contributed by atoms with van der Waals surface area (Å²) >= 11 is 6.74. The molecule has 0 saturated heterocycles. The summed E-state index contributed by atoms with van der Waals surface area (Å²) in [6, 6.07) is 4.04. The van der Waals surface area contributed by atoms with Crippen molar-refractivity contribution in [2.45, 2.75) is 10.1 Å². The molecule has 4 heteroatoms. The molecule has 0 aliphatic heterocycles. The third-order valence-electron chi connectivity index (χ3n) is 1.19. The summed E-state index contributed by atoms with van der Waals surface area (Å²) in [4.78, 5) is 4.39. The van der Waals surface area contributed by atoms with Crippen LogP contribution in [0.5, 0.6) is 0 Å². The lowest BCUT2D eigenvalue weighted by Crippen LogP contribution is -1.83.